The van der Waals surface area contributed by atoms with Crippen LogP contribution in [0.4, 0.5) is 5.69 Å². The van der Waals surface area contributed by atoms with Crippen molar-refractivity contribution in [2.24, 2.45) is 11.0 Å². The van der Waals surface area contributed by atoms with E-state index in [0.717, 1.165) is 30.5 Å². The number of hydrogen-bond donors (Lipinski definition) is 2. The first-order valence-electron chi connectivity index (χ1n) is 9.66. The van der Waals surface area contributed by atoms with Crippen molar-refractivity contribution in [3.63, 3.8) is 0 Å². The lowest BCUT2D eigenvalue weighted by Crippen LogP contribution is -2.64. The summed E-state index contributed by atoms with van der Waals surface area (Å²) < 4.78 is 12.0. The van der Waals surface area contributed by atoms with Gasteiger partial charge < -0.3 is 19.5 Å². The van der Waals surface area contributed by atoms with Crippen LogP contribution in [-0.2, 0) is 11.8 Å². The maximum Gasteiger partial charge on any atom is 0.237 e. The summed E-state index contributed by atoms with van der Waals surface area (Å²) in [6.07, 6.45) is 4.61. The van der Waals surface area contributed by atoms with E-state index in [2.05, 4.69) is 28.6 Å². The van der Waals surface area contributed by atoms with E-state index in [1.54, 1.807) is 25.3 Å². The second-order valence-corrected chi connectivity index (χ2v) is 8.09. The van der Waals surface area contributed by atoms with E-state index >= 15 is 0 Å². The summed E-state index contributed by atoms with van der Waals surface area (Å²) in [7, 11) is 3.71. The quantitative estimate of drug-likeness (QED) is 0.454. The summed E-state index contributed by atoms with van der Waals surface area (Å²) in [5.74, 6) is 1.49. The third-order valence-corrected chi connectivity index (χ3v) is 6.98. The van der Waals surface area contributed by atoms with Crippen molar-refractivity contribution < 1.29 is 14.6 Å². The Morgan fingerprint density at radius 1 is 1.41 bits per heavy atom. The van der Waals surface area contributed by atoms with Crippen LogP contribution in [0.2, 0.25) is 0 Å². The predicted octanol–water partition coefficient (Wildman–Crippen LogP) is 1.32. The van der Waals surface area contributed by atoms with Gasteiger partial charge in [-0.3, -0.25) is 5.43 Å². The van der Waals surface area contributed by atoms with Crippen molar-refractivity contribution in [2.45, 2.75) is 36.5 Å². The van der Waals surface area contributed by atoms with Crippen LogP contribution < -0.4 is 14.9 Å². The molecule has 2 N–H and O–H groups in total. The van der Waals surface area contributed by atoms with Gasteiger partial charge in [-0.25, -0.2) is 0 Å². The zero-order chi connectivity index (χ0) is 20.3. The molecule has 5 rings (SSSR count). The van der Waals surface area contributed by atoms with Crippen molar-refractivity contribution >= 4 is 11.4 Å². The van der Waals surface area contributed by atoms with E-state index < -0.39 is 6.10 Å². The van der Waals surface area contributed by atoms with Crippen LogP contribution in [-0.4, -0.2) is 54.7 Å². The fourth-order valence-corrected chi connectivity index (χ4v) is 5.75. The Morgan fingerprint density at radius 3 is 2.93 bits per heavy atom. The second-order valence-electron chi connectivity index (χ2n) is 8.09. The smallest absolute Gasteiger partial charge is 0.237 e. The molecule has 1 aromatic rings. The number of likely N-dealkylation sites (tertiary alicyclic amines) is 1. The first-order chi connectivity index (χ1) is 14.0. The molecule has 0 radical (unpaired) electrons. The molecule has 2 heterocycles. The number of likely N-dealkylation sites (N-methyl/N-ethyl adjacent to an activating group) is 1. The SMILES string of the molecule is COc1cc(NN=C(C#N)C#N)c2c3c1O[C@H]1[C@@H](O)C=C[C@H]4[C@@H](C2)N(C)CC[C@@]341. The van der Waals surface area contributed by atoms with Crippen LogP contribution >= 0.6 is 0 Å². The topological polar surface area (TPSA) is 114 Å². The highest BCUT2D eigenvalue weighted by molar-refractivity contribution is 6.10. The molecule has 29 heavy (non-hydrogen) atoms. The summed E-state index contributed by atoms with van der Waals surface area (Å²) in [4.78, 5) is 2.36. The standard InChI is InChI=1S/C21H21N5O3/c1-26-6-5-21-13-3-4-16(27)20(21)29-19-17(28-2)8-14(25-24-11(9-22)10-23)12(18(19)21)7-15(13)26/h3-4,8,13,15-16,20,25,27H,5-7H2,1-2H3/t13-,15+,16-,20-,21-/m0/s1. The van der Waals surface area contributed by atoms with Gasteiger partial charge in [0.1, 0.15) is 24.3 Å². The van der Waals surface area contributed by atoms with Crippen molar-refractivity contribution in [3.8, 4) is 23.6 Å². The maximum atomic E-state index is 10.8. The summed E-state index contributed by atoms with van der Waals surface area (Å²) in [5, 5.41) is 32.7. The molecule has 8 nitrogen and oxygen atoms in total. The Kier molecular flexibility index (Phi) is 3.86. The van der Waals surface area contributed by atoms with Crippen LogP contribution in [0.3, 0.4) is 0 Å². The van der Waals surface area contributed by atoms with Crippen LogP contribution in [0, 0.1) is 28.6 Å². The maximum absolute atomic E-state index is 10.8. The van der Waals surface area contributed by atoms with Crippen LogP contribution in [0.1, 0.15) is 17.5 Å². The van der Waals surface area contributed by atoms with E-state index in [0.29, 0.717) is 17.2 Å². The van der Waals surface area contributed by atoms with E-state index in [4.69, 9.17) is 20.0 Å². The van der Waals surface area contributed by atoms with Gasteiger partial charge in [0.05, 0.1) is 12.8 Å². The first-order valence-corrected chi connectivity index (χ1v) is 9.66. The molecule has 1 fully saturated rings. The Balaban J connectivity index is 1.75. The highest BCUT2D eigenvalue weighted by Gasteiger charge is 2.64. The summed E-state index contributed by atoms with van der Waals surface area (Å²) >= 11 is 0. The van der Waals surface area contributed by atoms with Crippen molar-refractivity contribution in [3.05, 3.63) is 29.3 Å². The van der Waals surface area contributed by atoms with Gasteiger partial charge in [0.25, 0.3) is 0 Å². The average molecular weight is 391 g/mol. The van der Waals surface area contributed by atoms with Crippen LogP contribution in [0.15, 0.2) is 23.3 Å². The summed E-state index contributed by atoms with van der Waals surface area (Å²) in [6, 6.07) is 5.60. The Labute approximate surface area is 168 Å². The lowest BCUT2D eigenvalue weighted by molar-refractivity contribution is -0.0452. The molecule has 5 atom stereocenters. The molecule has 0 saturated carbocycles. The number of rotatable bonds is 3. The summed E-state index contributed by atoms with van der Waals surface area (Å²) in [6.45, 7) is 0.922. The average Bonchev–Trinajstić information content (AvgIpc) is 3.08. The minimum atomic E-state index is -0.684. The van der Waals surface area contributed by atoms with Gasteiger partial charge in [-0.2, -0.15) is 15.6 Å². The van der Waals surface area contributed by atoms with E-state index in [9.17, 15) is 5.11 Å². The molecule has 1 saturated heterocycles. The number of anilines is 1. The van der Waals surface area contributed by atoms with Crippen molar-refractivity contribution in [1.82, 2.24) is 4.90 Å². The molecular formula is C21H21N5O3. The van der Waals surface area contributed by atoms with Crippen molar-refractivity contribution in [2.75, 3.05) is 26.1 Å². The Morgan fingerprint density at radius 2 is 2.21 bits per heavy atom. The van der Waals surface area contributed by atoms with Gasteiger partial charge in [-0.15, -0.1) is 0 Å². The van der Waals surface area contributed by atoms with Gasteiger partial charge in [-0.1, -0.05) is 12.2 Å². The van der Waals surface area contributed by atoms with Crippen molar-refractivity contribution in [1.29, 1.82) is 10.5 Å². The Bertz CT molecular complexity index is 1020. The van der Waals surface area contributed by atoms with Gasteiger partial charge in [-0.05, 0) is 32.0 Å². The molecule has 2 aliphatic heterocycles. The lowest BCUT2D eigenvalue weighted by Gasteiger charge is -2.56. The van der Waals surface area contributed by atoms with Gasteiger partial charge in [0, 0.05) is 29.0 Å². The number of aliphatic hydroxyl groups excluding tert-OH is 1. The highest BCUT2D eigenvalue weighted by atomic mass is 16.5. The number of aliphatic hydroxyl groups is 1. The fraction of sp³-hybridized carbons (Fsp3) is 0.476. The number of methoxy groups -OCH3 is 1. The number of nitrogens with one attached hydrogen (secondary N) is 1. The number of hydrogen-bond acceptors (Lipinski definition) is 8. The number of piperidine rings is 1. The minimum absolute atomic E-state index is 0.237. The normalized spacial score (nSPS) is 33.0. The first kappa shape index (κ1) is 18.0. The largest absolute Gasteiger partial charge is 0.493 e. The van der Waals surface area contributed by atoms with Gasteiger partial charge in [0.2, 0.25) is 5.71 Å². The van der Waals surface area contributed by atoms with Gasteiger partial charge >= 0.3 is 0 Å². The number of nitrogens with zero attached hydrogens (tertiary/aromatic N) is 4. The number of hydrazone groups is 1. The molecule has 2 aliphatic carbocycles. The molecule has 4 aliphatic rings. The molecule has 0 unspecified atom stereocenters. The second kappa shape index (κ2) is 6.21. The van der Waals surface area contributed by atoms with E-state index in [1.165, 1.54) is 0 Å². The zero-order valence-corrected chi connectivity index (χ0v) is 16.2. The molecule has 1 aromatic carbocycles. The lowest BCUT2D eigenvalue weighted by atomic mass is 9.53. The zero-order valence-electron chi connectivity index (χ0n) is 16.2. The minimum Gasteiger partial charge on any atom is -0.493 e. The molecular weight excluding hydrogens is 370 g/mol. The fourth-order valence-electron chi connectivity index (χ4n) is 5.75. The third kappa shape index (κ3) is 2.21. The highest BCUT2D eigenvalue weighted by Crippen LogP contribution is 2.63. The molecule has 2 bridgehead atoms. The molecule has 8 heteroatoms. The molecule has 1 spiro atoms. The molecule has 148 valence electrons. The summed E-state index contributed by atoms with van der Waals surface area (Å²) in [5.41, 5.74) is 5.18. The predicted molar refractivity (Wildman–Crippen MR) is 105 cm³/mol. The van der Waals surface area contributed by atoms with E-state index in [-0.39, 0.29) is 29.2 Å². The molecule has 0 aromatic heterocycles. The number of nitriles is 2. The number of benzene rings is 1. The Hall–Kier alpha value is -3.07. The van der Waals surface area contributed by atoms with Crippen LogP contribution in [0.25, 0.3) is 0 Å². The molecule has 0 amide bonds. The monoisotopic (exact) mass is 391 g/mol. The van der Waals surface area contributed by atoms with E-state index in [1.807, 2.05) is 6.08 Å². The number of ether oxygens (including phenoxy) is 2. The third-order valence-electron chi connectivity index (χ3n) is 6.98. The van der Waals surface area contributed by atoms with Gasteiger partial charge in [0.15, 0.2) is 11.5 Å². The van der Waals surface area contributed by atoms with Crippen LogP contribution in [0.5, 0.6) is 11.5 Å².